The van der Waals surface area contributed by atoms with E-state index in [-0.39, 0.29) is 5.41 Å². The highest BCUT2D eigenvalue weighted by molar-refractivity contribution is 9.10. The van der Waals surface area contributed by atoms with Crippen LogP contribution in [-0.2, 0) is 10.2 Å². The lowest BCUT2D eigenvalue weighted by Gasteiger charge is -2.41. The van der Waals surface area contributed by atoms with Crippen LogP contribution >= 0.6 is 39.1 Å². The van der Waals surface area contributed by atoms with Crippen molar-refractivity contribution < 1.29 is 4.79 Å². The predicted octanol–water partition coefficient (Wildman–Crippen LogP) is 4.97. The van der Waals surface area contributed by atoms with Crippen LogP contribution in [0.5, 0.6) is 0 Å². The zero-order valence-corrected chi connectivity index (χ0v) is 16.1. The number of amidine groups is 1. The Morgan fingerprint density at radius 3 is 2.14 bits per heavy atom. The number of amides is 1. The molecule has 0 saturated heterocycles. The lowest BCUT2D eigenvalue weighted by atomic mass is 9.63. The SMILES string of the molecule is CC.CC(Cl)(Cl)C(=O)N=C(N)C1(c2ccc(Br)cc2)CCC1. The summed E-state index contributed by atoms with van der Waals surface area (Å²) >= 11 is 14.9. The molecular weight excluding hydrogens is 387 g/mol. The van der Waals surface area contributed by atoms with Gasteiger partial charge in [0.15, 0.2) is 4.33 Å². The van der Waals surface area contributed by atoms with Gasteiger partial charge in [-0.1, -0.05) is 71.5 Å². The van der Waals surface area contributed by atoms with E-state index >= 15 is 0 Å². The third-order valence-corrected chi connectivity index (χ3v) is 4.54. The minimum absolute atomic E-state index is 0.295. The van der Waals surface area contributed by atoms with Crippen molar-refractivity contribution in [1.29, 1.82) is 0 Å². The zero-order valence-electron chi connectivity index (χ0n) is 13.0. The minimum Gasteiger partial charge on any atom is -0.386 e. The Hall–Kier alpha value is -0.580. The first-order chi connectivity index (χ1) is 10.3. The Bertz CT molecular complexity index is 546. The van der Waals surface area contributed by atoms with Crippen LogP contribution in [0.25, 0.3) is 0 Å². The van der Waals surface area contributed by atoms with Crippen molar-refractivity contribution in [3.63, 3.8) is 0 Å². The van der Waals surface area contributed by atoms with Gasteiger partial charge in [-0.3, -0.25) is 4.79 Å². The van der Waals surface area contributed by atoms with Crippen molar-refractivity contribution in [2.45, 2.75) is 49.8 Å². The molecule has 1 amide bonds. The molecular formula is C16H21BrCl2N2O. The average Bonchev–Trinajstić information content (AvgIpc) is 2.41. The molecule has 0 aromatic heterocycles. The molecule has 2 rings (SSSR count). The summed E-state index contributed by atoms with van der Waals surface area (Å²) in [5.74, 6) is -0.328. The molecule has 0 bridgehead atoms. The van der Waals surface area contributed by atoms with Crippen molar-refractivity contribution in [2.75, 3.05) is 0 Å². The van der Waals surface area contributed by atoms with Gasteiger partial charge in [-0.05, 0) is 37.5 Å². The highest BCUT2D eigenvalue weighted by Crippen LogP contribution is 2.44. The maximum Gasteiger partial charge on any atom is 0.283 e. The van der Waals surface area contributed by atoms with E-state index in [1.54, 1.807) is 0 Å². The molecule has 22 heavy (non-hydrogen) atoms. The highest BCUT2D eigenvalue weighted by Gasteiger charge is 2.43. The Kier molecular flexibility index (Phi) is 6.90. The van der Waals surface area contributed by atoms with Crippen LogP contribution in [0.3, 0.4) is 0 Å². The number of benzene rings is 1. The molecule has 3 nitrogen and oxygen atoms in total. The number of nitrogens with two attached hydrogens (primary N) is 1. The number of carbonyl (C=O) groups is 1. The van der Waals surface area contributed by atoms with E-state index in [9.17, 15) is 4.79 Å². The van der Waals surface area contributed by atoms with E-state index in [0.29, 0.717) is 5.84 Å². The van der Waals surface area contributed by atoms with Gasteiger partial charge in [-0.25, -0.2) is 0 Å². The summed E-state index contributed by atoms with van der Waals surface area (Å²) in [6, 6.07) is 7.91. The lowest BCUT2D eigenvalue weighted by Crippen LogP contribution is -2.47. The predicted molar refractivity (Wildman–Crippen MR) is 97.8 cm³/mol. The van der Waals surface area contributed by atoms with E-state index in [0.717, 1.165) is 29.3 Å². The van der Waals surface area contributed by atoms with Crippen molar-refractivity contribution >= 4 is 50.9 Å². The summed E-state index contributed by atoms with van der Waals surface area (Å²) in [5, 5.41) is 0. The normalized spacial score (nSPS) is 17.1. The van der Waals surface area contributed by atoms with Crippen molar-refractivity contribution in [1.82, 2.24) is 0 Å². The number of rotatable bonds is 3. The van der Waals surface area contributed by atoms with Gasteiger partial charge in [0.05, 0.1) is 5.41 Å². The largest absolute Gasteiger partial charge is 0.386 e. The second-order valence-corrected chi connectivity index (χ2v) is 7.75. The van der Waals surface area contributed by atoms with Gasteiger partial charge < -0.3 is 5.73 Å². The van der Waals surface area contributed by atoms with Gasteiger partial charge in [0.1, 0.15) is 5.84 Å². The summed E-state index contributed by atoms with van der Waals surface area (Å²) < 4.78 is -0.550. The van der Waals surface area contributed by atoms with Gasteiger partial charge in [0.2, 0.25) is 0 Å². The number of nitrogens with zero attached hydrogens (tertiary/aromatic N) is 1. The molecule has 1 aromatic rings. The molecule has 0 heterocycles. The fourth-order valence-electron chi connectivity index (χ4n) is 2.31. The van der Waals surface area contributed by atoms with Gasteiger partial charge in [0.25, 0.3) is 5.91 Å². The topological polar surface area (TPSA) is 55.5 Å². The van der Waals surface area contributed by atoms with E-state index in [4.69, 9.17) is 28.9 Å². The van der Waals surface area contributed by atoms with E-state index in [1.165, 1.54) is 6.92 Å². The molecule has 1 aliphatic rings. The third-order valence-electron chi connectivity index (χ3n) is 3.69. The minimum atomic E-state index is -1.55. The maximum atomic E-state index is 11.8. The van der Waals surface area contributed by atoms with Crippen LogP contribution in [0.2, 0.25) is 0 Å². The Morgan fingerprint density at radius 1 is 1.27 bits per heavy atom. The third kappa shape index (κ3) is 4.24. The van der Waals surface area contributed by atoms with Gasteiger partial charge >= 0.3 is 0 Å². The number of halogens is 3. The summed E-state index contributed by atoms with van der Waals surface area (Å²) in [7, 11) is 0. The highest BCUT2D eigenvalue weighted by atomic mass is 79.9. The molecule has 0 spiro atoms. The molecule has 1 aromatic carbocycles. The van der Waals surface area contributed by atoms with E-state index < -0.39 is 10.2 Å². The molecule has 1 aliphatic carbocycles. The molecule has 0 atom stereocenters. The fourth-order valence-corrected chi connectivity index (χ4v) is 2.66. The standard InChI is InChI=1S/C14H15BrCl2N2O.C2H6/c1-13(16,17)12(20)19-11(18)14(7-2-8-14)9-3-5-10(15)6-4-9;1-2/h3-6H,2,7-8H2,1H3,(H2,18,19,20);1-2H3. The number of hydrogen-bond donors (Lipinski definition) is 1. The van der Waals surface area contributed by atoms with Gasteiger partial charge in [0, 0.05) is 4.47 Å². The van der Waals surface area contributed by atoms with Gasteiger partial charge in [-0.15, -0.1) is 0 Å². The van der Waals surface area contributed by atoms with Crippen LogP contribution in [0.4, 0.5) is 0 Å². The molecule has 2 N–H and O–H groups in total. The molecule has 1 saturated carbocycles. The smallest absolute Gasteiger partial charge is 0.283 e. The quantitative estimate of drug-likeness (QED) is 0.436. The second kappa shape index (κ2) is 7.80. The molecule has 6 heteroatoms. The summed E-state index contributed by atoms with van der Waals surface area (Å²) in [6.07, 6.45) is 2.80. The number of aliphatic imine (C=N–C) groups is 1. The van der Waals surface area contributed by atoms with Gasteiger partial charge in [-0.2, -0.15) is 4.99 Å². The van der Waals surface area contributed by atoms with E-state index in [1.807, 2.05) is 38.1 Å². The second-order valence-electron chi connectivity index (χ2n) is 5.13. The molecule has 1 fully saturated rings. The van der Waals surface area contributed by atoms with Crippen LogP contribution in [0.1, 0.15) is 45.6 Å². The average molecular weight is 408 g/mol. The summed E-state index contributed by atoms with van der Waals surface area (Å²) in [4.78, 5) is 15.7. The Labute approximate surface area is 150 Å². The fraction of sp³-hybridized carbons (Fsp3) is 0.500. The zero-order chi connectivity index (χ0) is 17.0. The monoisotopic (exact) mass is 406 g/mol. The first kappa shape index (κ1) is 19.5. The van der Waals surface area contributed by atoms with Crippen LogP contribution in [-0.4, -0.2) is 16.1 Å². The van der Waals surface area contributed by atoms with Crippen LogP contribution in [0, 0.1) is 0 Å². The van der Waals surface area contributed by atoms with Crippen molar-refractivity contribution in [2.24, 2.45) is 10.7 Å². The molecule has 0 aliphatic heterocycles. The number of hydrogen-bond acceptors (Lipinski definition) is 1. The molecule has 0 unspecified atom stereocenters. The number of alkyl halides is 2. The number of carbonyl (C=O) groups excluding carboxylic acids is 1. The van der Waals surface area contributed by atoms with Crippen LogP contribution < -0.4 is 5.73 Å². The van der Waals surface area contributed by atoms with Crippen LogP contribution in [0.15, 0.2) is 33.7 Å². The van der Waals surface area contributed by atoms with Crippen molar-refractivity contribution in [3.05, 3.63) is 34.3 Å². The maximum absolute atomic E-state index is 11.8. The summed E-state index contributed by atoms with van der Waals surface area (Å²) in [6.45, 7) is 5.39. The molecule has 0 radical (unpaired) electrons. The Balaban J connectivity index is 0.00000116. The Morgan fingerprint density at radius 2 is 1.77 bits per heavy atom. The summed E-state index contributed by atoms with van der Waals surface area (Å²) in [5.41, 5.74) is 6.78. The first-order valence-corrected chi connectivity index (χ1v) is 8.83. The lowest BCUT2D eigenvalue weighted by molar-refractivity contribution is -0.118. The molecule has 122 valence electrons. The van der Waals surface area contributed by atoms with Crippen molar-refractivity contribution in [3.8, 4) is 0 Å². The first-order valence-electron chi connectivity index (χ1n) is 7.29. The van der Waals surface area contributed by atoms with E-state index in [2.05, 4.69) is 20.9 Å².